The highest BCUT2D eigenvalue weighted by Crippen LogP contribution is 2.26. The molecule has 2 aliphatic heterocycles. The molecule has 11 atom stereocenters. The smallest absolute Gasteiger partial charge is 0.306 e. The number of ether oxygens (including phenoxy) is 6. The lowest BCUT2D eigenvalue weighted by Crippen LogP contribution is -2.61. The first-order valence-electron chi connectivity index (χ1n) is 25.4. The Labute approximate surface area is 390 Å². The third kappa shape index (κ3) is 26.4. The maximum atomic E-state index is 13.0. The summed E-state index contributed by atoms with van der Waals surface area (Å²) in [5.41, 5.74) is 0. The van der Waals surface area contributed by atoms with Crippen molar-refractivity contribution in [2.75, 3.05) is 26.4 Å². The number of esters is 2. The molecule has 2 heterocycles. The van der Waals surface area contributed by atoms with Crippen LogP contribution in [0.4, 0.5) is 0 Å². The Bertz CT molecular complexity index is 1230. The summed E-state index contributed by atoms with van der Waals surface area (Å²) in [6.07, 6.45) is 20.7. The topological polar surface area (TPSA) is 231 Å². The minimum absolute atomic E-state index is 0.155. The van der Waals surface area contributed by atoms with Crippen molar-refractivity contribution in [2.24, 2.45) is 0 Å². The largest absolute Gasteiger partial charge is 0.462 e. The fraction of sp³-hybridized carbons (Fsp3) is 0.880. The number of carbonyl (C=O) groups is 2. The first kappa shape index (κ1) is 59.1. The summed E-state index contributed by atoms with van der Waals surface area (Å²) in [5.74, 6) is -0.937. The number of rotatable bonds is 39. The van der Waals surface area contributed by atoms with E-state index in [-0.39, 0.29) is 26.1 Å². The van der Waals surface area contributed by atoms with Crippen molar-refractivity contribution in [1.82, 2.24) is 0 Å². The second-order valence-electron chi connectivity index (χ2n) is 18.0. The van der Waals surface area contributed by atoms with Crippen LogP contribution in [-0.2, 0) is 38.0 Å². The second-order valence-corrected chi connectivity index (χ2v) is 18.0. The highest BCUT2D eigenvalue weighted by molar-refractivity contribution is 5.70. The number of carbonyl (C=O) groups excluding carboxylic acids is 2. The predicted octanol–water partition coefficient (Wildman–Crippen LogP) is 6.77. The number of allylic oxidation sites excluding steroid dienone is 4. The van der Waals surface area contributed by atoms with Gasteiger partial charge in [0.2, 0.25) is 0 Å². The molecule has 0 spiro atoms. The molecule has 15 heteroatoms. The number of unbranched alkanes of at least 4 members (excludes halogenated alkanes) is 21. The van der Waals surface area contributed by atoms with Crippen molar-refractivity contribution in [3.8, 4) is 0 Å². The first-order chi connectivity index (χ1) is 31.5. The zero-order valence-corrected chi connectivity index (χ0v) is 40.0. The van der Waals surface area contributed by atoms with Gasteiger partial charge in [0, 0.05) is 12.8 Å². The summed E-state index contributed by atoms with van der Waals surface area (Å²) < 4.78 is 33.5. The molecular formula is C50H90O15. The number of aliphatic hydroxyl groups is 7. The third-order valence-corrected chi connectivity index (χ3v) is 12.2. The fourth-order valence-electron chi connectivity index (χ4n) is 7.91. The molecule has 2 fully saturated rings. The molecule has 0 amide bonds. The third-order valence-electron chi connectivity index (χ3n) is 12.2. The summed E-state index contributed by atoms with van der Waals surface area (Å²) in [5, 5.41) is 72.0. The molecule has 2 rings (SSSR count). The van der Waals surface area contributed by atoms with Gasteiger partial charge in [0.25, 0.3) is 0 Å². The van der Waals surface area contributed by atoms with E-state index in [9.17, 15) is 45.3 Å². The van der Waals surface area contributed by atoms with Gasteiger partial charge in [0.1, 0.15) is 55.4 Å². The van der Waals surface area contributed by atoms with Gasteiger partial charge in [0.15, 0.2) is 18.7 Å². The molecule has 4 unspecified atom stereocenters. The van der Waals surface area contributed by atoms with Crippen LogP contribution in [-0.4, -0.2) is 142 Å². The van der Waals surface area contributed by atoms with Crippen molar-refractivity contribution in [3.63, 3.8) is 0 Å². The fourth-order valence-corrected chi connectivity index (χ4v) is 7.91. The van der Waals surface area contributed by atoms with Gasteiger partial charge in [-0.05, 0) is 64.2 Å². The number of hydrogen-bond acceptors (Lipinski definition) is 15. The Balaban J connectivity index is 1.81. The van der Waals surface area contributed by atoms with Crippen LogP contribution in [0.25, 0.3) is 0 Å². The normalized spacial score (nSPS) is 26.5. The van der Waals surface area contributed by atoms with Gasteiger partial charge < -0.3 is 64.2 Å². The van der Waals surface area contributed by atoms with E-state index in [1.54, 1.807) is 0 Å². The summed E-state index contributed by atoms with van der Waals surface area (Å²) in [6.45, 7) is 2.55. The highest BCUT2D eigenvalue weighted by Gasteiger charge is 2.47. The van der Waals surface area contributed by atoms with E-state index in [0.717, 1.165) is 64.2 Å². The minimum atomic E-state index is -1.76. The molecule has 65 heavy (non-hydrogen) atoms. The number of hydrogen-bond donors (Lipinski definition) is 7. The SMILES string of the molecule is CCCCC/C=C/CCCCCCCC(=O)O[C@@H](COC(=O)CCCCCCCCC/C=C/CCCCCCCC)CO[C@@H]1O[C@H](CO[C@@H]2O[C@H](CO)[C@H](O)C(O)C2O)[C@H](O)C(O)C1O. The van der Waals surface area contributed by atoms with Crippen LogP contribution >= 0.6 is 0 Å². The van der Waals surface area contributed by atoms with Gasteiger partial charge in [-0.15, -0.1) is 0 Å². The van der Waals surface area contributed by atoms with E-state index in [0.29, 0.717) is 12.8 Å². The summed E-state index contributed by atoms with van der Waals surface area (Å²) >= 11 is 0. The zero-order valence-electron chi connectivity index (χ0n) is 40.0. The molecule has 0 radical (unpaired) electrons. The van der Waals surface area contributed by atoms with E-state index in [2.05, 4.69) is 38.2 Å². The monoisotopic (exact) mass is 931 g/mol. The molecule has 0 aromatic carbocycles. The Morgan fingerprint density at radius 1 is 0.477 bits per heavy atom. The molecule has 0 bridgehead atoms. The first-order valence-corrected chi connectivity index (χ1v) is 25.4. The predicted molar refractivity (Wildman–Crippen MR) is 247 cm³/mol. The van der Waals surface area contributed by atoms with Crippen LogP contribution in [0.15, 0.2) is 24.3 Å². The minimum Gasteiger partial charge on any atom is -0.462 e. The maximum absolute atomic E-state index is 13.0. The lowest BCUT2D eigenvalue weighted by molar-refractivity contribution is -0.332. The van der Waals surface area contributed by atoms with E-state index in [1.165, 1.54) is 83.5 Å². The average molecular weight is 931 g/mol. The summed E-state index contributed by atoms with van der Waals surface area (Å²) in [4.78, 5) is 25.7. The Kier molecular flexibility index (Phi) is 34.5. The van der Waals surface area contributed by atoms with E-state index < -0.39 is 92.7 Å². The van der Waals surface area contributed by atoms with Crippen LogP contribution in [0.5, 0.6) is 0 Å². The van der Waals surface area contributed by atoms with Gasteiger partial charge in [-0.2, -0.15) is 0 Å². The lowest BCUT2D eigenvalue weighted by atomic mass is 9.98. The molecule has 2 aliphatic rings. The van der Waals surface area contributed by atoms with Gasteiger partial charge in [-0.1, -0.05) is 134 Å². The molecule has 0 aromatic rings. The van der Waals surface area contributed by atoms with E-state index in [4.69, 9.17) is 28.4 Å². The van der Waals surface area contributed by atoms with Crippen LogP contribution in [0, 0.1) is 0 Å². The lowest BCUT2D eigenvalue weighted by Gasteiger charge is -2.42. The molecule has 7 N–H and O–H groups in total. The Morgan fingerprint density at radius 3 is 1.38 bits per heavy atom. The molecule has 0 aromatic heterocycles. The summed E-state index contributed by atoms with van der Waals surface area (Å²) in [6, 6.07) is 0. The van der Waals surface area contributed by atoms with Crippen molar-refractivity contribution >= 4 is 11.9 Å². The Morgan fingerprint density at radius 2 is 0.877 bits per heavy atom. The molecular weight excluding hydrogens is 841 g/mol. The van der Waals surface area contributed by atoms with Gasteiger partial charge in [-0.3, -0.25) is 9.59 Å². The van der Waals surface area contributed by atoms with Gasteiger partial charge in [-0.25, -0.2) is 0 Å². The molecule has 15 nitrogen and oxygen atoms in total. The maximum Gasteiger partial charge on any atom is 0.306 e. The van der Waals surface area contributed by atoms with Crippen LogP contribution in [0.3, 0.4) is 0 Å². The van der Waals surface area contributed by atoms with Crippen molar-refractivity contribution < 1.29 is 73.8 Å². The van der Waals surface area contributed by atoms with E-state index in [1.807, 2.05) is 0 Å². The molecule has 2 saturated heterocycles. The summed E-state index contributed by atoms with van der Waals surface area (Å²) in [7, 11) is 0. The molecule has 0 saturated carbocycles. The van der Waals surface area contributed by atoms with Crippen LogP contribution in [0.2, 0.25) is 0 Å². The van der Waals surface area contributed by atoms with Crippen molar-refractivity contribution in [1.29, 1.82) is 0 Å². The number of aliphatic hydroxyl groups excluding tert-OH is 7. The quantitative estimate of drug-likeness (QED) is 0.0192. The highest BCUT2D eigenvalue weighted by atomic mass is 16.7. The van der Waals surface area contributed by atoms with Crippen molar-refractivity contribution in [2.45, 2.75) is 255 Å². The van der Waals surface area contributed by atoms with Crippen LogP contribution in [0.1, 0.15) is 187 Å². The standard InChI is InChI=1S/C50H90O15/c1-3-5-7-9-11-13-15-17-18-19-20-21-23-24-26-28-30-32-41(52)60-35-38(63-42(53)33-31-29-27-25-22-16-14-12-10-8-6-4-2)36-61-49-48(59)46(57)44(55)40(65-49)37-62-50-47(58)45(56)43(54)39(34-51)64-50/h12,14,17-18,38-40,43-51,54-59H,3-11,13,15-16,19-37H2,1-2H3/b14-12+,18-17+/t38-,39+,40+,43-,44-,45?,46?,47?,48?,49+,50+/m0/s1. The zero-order chi connectivity index (χ0) is 47.5. The Hall–Kier alpha value is -2.02. The average Bonchev–Trinajstić information content (AvgIpc) is 3.30. The van der Waals surface area contributed by atoms with E-state index >= 15 is 0 Å². The van der Waals surface area contributed by atoms with Crippen molar-refractivity contribution in [3.05, 3.63) is 24.3 Å². The molecule has 380 valence electrons. The molecule has 0 aliphatic carbocycles. The van der Waals surface area contributed by atoms with Gasteiger partial charge in [0.05, 0.1) is 19.8 Å². The second kappa shape index (κ2) is 37.9. The van der Waals surface area contributed by atoms with Gasteiger partial charge >= 0.3 is 11.9 Å². The van der Waals surface area contributed by atoms with Crippen LogP contribution < -0.4 is 0 Å².